The van der Waals surface area contributed by atoms with Gasteiger partial charge in [-0.1, -0.05) is 58.7 Å². The molecule has 0 spiro atoms. The van der Waals surface area contributed by atoms with Crippen LogP contribution in [-0.4, -0.2) is 27.8 Å². The Hall–Kier alpha value is -2.71. The number of nitrogens with zero attached hydrogens (tertiary/aromatic N) is 2. The lowest BCUT2D eigenvalue weighted by atomic mass is 10.2. The number of benzene rings is 3. The van der Waals surface area contributed by atoms with Crippen molar-refractivity contribution >= 4 is 69.7 Å². The number of aromatic nitrogens is 2. The molecule has 0 atom stereocenters. The Labute approximate surface area is 209 Å². The molecule has 33 heavy (non-hydrogen) atoms. The van der Waals surface area contributed by atoms with Crippen molar-refractivity contribution in [2.45, 2.75) is 11.8 Å². The number of carbonyl (C=O) groups is 1. The van der Waals surface area contributed by atoms with Crippen LogP contribution in [0.5, 0.6) is 5.75 Å². The van der Waals surface area contributed by atoms with E-state index in [-0.39, 0.29) is 18.3 Å². The zero-order chi connectivity index (χ0) is 23.2. The van der Waals surface area contributed by atoms with Gasteiger partial charge in [0, 0.05) is 10.6 Å². The number of hydrogen-bond acceptors (Lipinski definition) is 5. The van der Waals surface area contributed by atoms with E-state index in [0.717, 1.165) is 16.6 Å². The maximum absolute atomic E-state index is 12.0. The summed E-state index contributed by atoms with van der Waals surface area (Å²) in [6.45, 7) is 0.185. The smallest absolute Gasteiger partial charge is 0.250 e. The summed E-state index contributed by atoms with van der Waals surface area (Å²) in [4.78, 5) is 19.6. The Balaban J connectivity index is 1.25. The van der Waals surface area contributed by atoms with Gasteiger partial charge in [0.25, 0.3) is 5.91 Å². The van der Waals surface area contributed by atoms with E-state index in [2.05, 4.69) is 20.5 Å². The van der Waals surface area contributed by atoms with Crippen molar-refractivity contribution in [3.63, 3.8) is 0 Å². The SMILES string of the molecule is O=C(CSc1nc2ccccc2[nH]1)N/N=C/c1ccc(OCc2c(Cl)ccc(Cl)c2Cl)cc1. The topological polar surface area (TPSA) is 79.4 Å². The number of thioether (sulfide) groups is 1. The maximum atomic E-state index is 12.0. The first-order valence-corrected chi connectivity index (χ1v) is 11.9. The molecule has 0 saturated heterocycles. The number of amides is 1. The number of imidazole rings is 1. The van der Waals surface area contributed by atoms with E-state index in [1.807, 2.05) is 36.4 Å². The van der Waals surface area contributed by atoms with E-state index >= 15 is 0 Å². The van der Waals surface area contributed by atoms with Gasteiger partial charge >= 0.3 is 0 Å². The number of halogens is 3. The fraction of sp³-hybridized carbons (Fsp3) is 0.0870. The first kappa shape index (κ1) is 23.4. The van der Waals surface area contributed by atoms with E-state index in [1.54, 1.807) is 30.5 Å². The molecule has 1 amide bonds. The average Bonchev–Trinajstić information content (AvgIpc) is 3.24. The fourth-order valence-electron chi connectivity index (χ4n) is 2.85. The molecule has 4 rings (SSSR count). The quantitative estimate of drug-likeness (QED) is 0.123. The molecule has 0 aliphatic rings. The van der Waals surface area contributed by atoms with Crippen LogP contribution in [0, 0.1) is 0 Å². The number of rotatable bonds is 8. The highest BCUT2D eigenvalue weighted by atomic mass is 35.5. The second-order valence-corrected chi connectivity index (χ2v) is 8.98. The van der Waals surface area contributed by atoms with Gasteiger partial charge in [0.1, 0.15) is 12.4 Å². The van der Waals surface area contributed by atoms with Crippen LogP contribution in [-0.2, 0) is 11.4 Å². The number of hydrogen-bond donors (Lipinski definition) is 2. The molecule has 168 valence electrons. The lowest BCUT2D eigenvalue weighted by Gasteiger charge is -2.10. The lowest BCUT2D eigenvalue weighted by Crippen LogP contribution is -2.19. The zero-order valence-electron chi connectivity index (χ0n) is 17.0. The van der Waals surface area contributed by atoms with E-state index in [9.17, 15) is 4.79 Å². The normalized spacial score (nSPS) is 11.2. The van der Waals surface area contributed by atoms with E-state index in [1.165, 1.54) is 11.8 Å². The molecular weight excluding hydrogens is 503 g/mol. The maximum Gasteiger partial charge on any atom is 0.250 e. The number of ether oxygens (including phenoxy) is 1. The second kappa shape index (κ2) is 10.9. The minimum Gasteiger partial charge on any atom is -0.489 e. The van der Waals surface area contributed by atoms with Crippen LogP contribution >= 0.6 is 46.6 Å². The predicted octanol–water partition coefficient (Wildman–Crippen LogP) is 6.34. The van der Waals surface area contributed by atoms with Gasteiger partial charge in [0.2, 0.25) is 0 Å². The van der Waals surface area contributed by atoms with Crippen LogP contribution in [0.25, 0.3) is 11.0 Å². The fourth-order valence-corrected chi connectivity index (χ4v) is 4.18. The number of carbonyl (C=O) groups excluding carboxylic acids is 1. The monoisotopic (exact) mass is 518 g/mol. The first-order chi connectivity index (χ1) is 16.0. The molecule has 3 aromatic carbocycles. The molecule has 0 fully saturated rings. The van der Waals surface area contributed by atoms with Crippen molar-refractivity contribution in [1.29, 1.82) is 0 Å². The predicted molar refractivity (Wildman–Crippen MR) is 135 cm³/mol. The summed E-state index contributed by atoms with van der Waals surface area (Å²) in [5, 5.41) is 5.97. The van der Waals surface area contributed by atoms with Gasteiger partial charge in [-0.25, -0.2) is 10.4 Å². The van der Waals surface area contributed by atoms with Gasteiger partial charge in [0.05, 0.1) is 33.0 Å². The summed E-state index contributed by atoms with van der Waals surface area (Å²) in [6.07, 6.45) is 1.55. The van der Waals surface area contributed by atoms with Crippen LogP contribution in [0.3, 0.4) is 0 Å². The molecule has 1 aromatic heterocycles. The molecule has 6 nitrogen and oxygen atoms in total. The average molecular weight is 520 g/mol. The number of aromatic amines is 1. The lowest BCUT2D eigenvalue weighted by molar-refractivity contribution is -0.118. The van der Waals surface area contributed by atoms with Crippen LogP contribution in [0.2, 0.25) is 15.1 Å². The van der Waals surface area contributed by atoms with Crippen LogP contribution in [0.4, 0.5) is 0 Å². The van der Waals surface area contributed by atoms with Crippen LogP contribution in [0.15, 0.2) is 70.9 Å². The van der Waals surface area contributed by atoms with Crippen molar-refractivity contribution in [3.8, 4) is 5.75 Å². The molecule has 0 saturated carbocycles. The molecular formula is C23H17Cl3N4O2S. The molecule has 0 radical (unpaired) electrons. The van der Waals surface area contributed by atoms with Crippen molar-refractivity contribution in [2.75, 3.05) is 5.75 Å². The summed E-state index contributed by atoms with van der Waals surface area (Å²) in [7, 11) is 0. The number of hydrazone groups is 1. The number of H-pyrrole nitrogens is 1. The molecule has 4 aromatic rings. The molecule has 0 unspecified atom stereocenters. The van der Waals surface area contributed by atoms with Crippen LogP contribution in [0.1, 0.15) is 11.1 Å². The van der Waals surface area contributed by atoms with Gasteiger partial charge in [-0.05, 0) is 54.1 Å². The number of nitrogens with one attached hydrogen (secondary N) is 2. The van der Waals surface area contributed by atoms with Gasteiger partial charge in [0.15, 0.2) is 5.16 Å². The summed E-state index contributed by atoms with van der Waals surface area (Å²) < 4.78 is 5.75. The Morgan fingerprint density at radius 1 is 1.06 bits per heavy atom. The third kappa shape index (κ3) is 6.21. The van der Waals surface area contributed by atoms with Gasteiger partial charge in [-0.15, -0.1) is 0 Å². The minimum absolute atomic E-state index is 0.185. The Bertz CT molecular complexity index is 1280. The standard InChI is InChI=1S/C23H17Cl3N4O2S/c24-17-9-10-18(25)22(26)16(17)12-32-15-7-5-14(6-8-15)11-27-30-21(31)13-33-23-28-19-3-1-2-4-20(19)29-23/h1-11H,12-13H2,(H,28,29)(H,30,31)/b27-11+. The van der Waals surface area contributed by atoms with Gasteiger partial charge < -0.3 is 9.72 Å². The van der Waals surface area contributed by atoms with Gasteiger partial charge in [-0.2, -0.15) is 5.10 Å². The molecule has 0 aliphatic carbocycles. The molecule has 2 N–H and O–H groups in total. The van der Waals surface area contributed by atoms with E-state index in [4.69, 9.17) is 39.5 Å². The van der Waals surface area contributed by atoms with Crippen molar-refractivity contribution in [1.82, 2.24) is 15.4 Å². The first-order valence-electron chi connectivity index (χ1n) is 9.74. The second-order valence-electron chi connectivity index (χ2n) is 6.82. The summed E-state index contributed by atoms with van der Waals surface area (Å²) in [5.74, 6) is 0.593. The third-order valence-corrected chi connectivity index (χ3v) is 6.58. The van der Waals surface area contributed by atoms with E-state index < -0.39 is 0 Å². The highest BCUT2D eigenvalue weighted by Crippen LogP contribution is 2.32. The van der Waals surface area contributed by atoms with Crippen molar-refractivity contribution in [2.24, 2.45) is 5.10 Å². The Morgan fingerprint density at radius 3 is 2.61 bits per heavy atom. The number of para-hydroxylation sites is 2. The summed E-state index contributed by atoms with van der Waals surface area (Å²) in [6, 6.07) is 18.2. The summed E-state index contributed by atoms with van der Waals surface area (Å²) in [5.41, 5.74) is 5.73. The largest absolute Gasteiger partial charge is 0.489 e. The van der Waals surface area contributed by atoms with E-state index in [0.29, 0.717) is 31.5 Å². The van der Waals surface area contributed by atoms with Crippen LogP contribution < -0.4 is 10.2 Å². The zero-order valence-corrected chi connectivity index (χ0v) is 20.1. The van der Waals surface area contributed by atoms with Crippen molar-refractivity contribution < 1.29 is 9.53 Å². The molecule has 0 bridgehead atoms. The third-order valence-electron chi connectivity index (χ3n) is 4.51. The molecule has 1 heterocycles. The highest BCUT2D eigenvalue weighted by Gasteiger charge is 2.10. The summed E-state index contributed by atoms with van der Waals surface area (Å²) >= 11 is 19.7. The Morgan fingerprint density at radius 2 is 1.82 bits per heavy atom. The molecule has 0 aliphatic heterocycles. The Kier molecular flexibility index (Phi) is 7.77. The minimum atomic E-state index is -0.230. The van der Waals surface area contributed by atoms with Crippen molar-refractivity contribution in [3.05, 3.63) is 86.9 Å². The highest BCUT2D eigenvalue weighted by molar-refractivity contribution is 7.99. The van der Waals surface area contributed by atoms with Gasteiger partial charge in [-0.3, -0.25) is 4.79 Å². The number of fused-ring (bicyclic) bond motifs is 1. The molecule has 10 heteroatoms.